The summed E-state index contributed by atoms with van der Waals surface area (Å²) in [7, 11) is 3.30. The van der Waals surface area contributed by atoms with Gasteiger partial charge in [0.1, 0.15) is 49.0 Å². The van der Waals surface area contributed by atoms with E-state index in [-0.39, 0.29) is 24.4 Å². The third kappa shape index (κ3) is 9.45. The molecule has 4 N–H and O–H groups in total. The molecule has 6 heterocycles. The minimum absolute atomic E-state index is 0.0980. The van der Waals surface area contributed by atoms with Crippen LogP contribution < -0.4 is 30.7 Å². The number of para-hydroxylation sites is 2. The Morgan fingerprint density at radius 1 is 0.653 bits per heavy atom. The fraction of sp³-hybridized carbons (Fsp3) is 0.370. The molecule has 8 aromatic rings. The van der Waals surface area contributed by atoms with Crippen molar-refractivity contribution < 1.29 is 28.5 Å². The fourth-order valence-electron chi connectivity index (χ4n) is 10.3. The number of piperidine rings is 2. The number of aromatic nitrogens is 6. The van der Waals surface area contributed by atoms with Crippen LogP contribution in [0.25, 0.3) is 55.5 Å². The van der Waals surface area contributed by atoms with Crippen LogP contribution in [0.1, 0.15) is 46.0 Å². The lowest BCUT2D eigenvalue weighted by atomic mass is 9.97. The van der Waals surface area contributed by atoms with Gasteiger partial charge in [0.15, 0.2) is 5.66 Å². The van der Waals surface area contributed by atoms with Gasteiger partial charge in [0.25, 0.3) is 5.91 Å². The largest absolute Gasteiger partial charge is 0.491 e. The summed E-state index contributed by atoms with van der Waals surface area (Å²) in [6, 6.07) is 31.9. The Bertz CT molecular complexity index is 3230. The first-order chi connectivity index (χ1) is 35.1. The lowest BCUT2D eigenvalue weighted by Crippen LogP contribution is -2.73. The minimum atomic E-state index is -1.64. The first-order valence-corrected chi connectivity index (χ1v) is 24.7. The molecule has 0 radical (unpaired) electrons. The number of benzene rings is 4. The number of primary amides is 1. The SMILES string of the molecule is CCC(=O)N(C1CCN(c2cccc3ccc(-n4cnc5cc(OCCOC)ccc54)nc23)CC1)N(C1CCN(c2cccc3ccc(-n4cnc5cc(OCCOC)ccc54)nc23)CC1)[C@](C)(N)C(N)=O. The van der Waals surface area contributed by atoms with E-state index in [1.807, 2.05) is 69.6 Å². The monoisotopic (exact) mass is 974 g/mol. The lowest BCUT2D eigenvalue weighted by molar-refractivity contribution is -0.188. The van der Waals surface area contributed by atoms with Crippen molar-refractivity contribution in [3.63, 3.8) is 0 Å². The molecule has 18 nitrogen and oxygen atoms in total. The van der Waals surface area contributed by atoms with Gasteiger partial charge in [-0.1, -0.05) is 31.2 Å². The standard InChI is InChI=1S/C54H62N12O6/c1-5-50(67)65(38-20-24-61(25-21-38)46-10-6-8-36-12-18-48(59-51(36)46)63-34-57-42-32-40(14-16-44(42)63)71-30-28-69-3)66(54(2,56)53(55)68)39-22-26-62(27-23-39)47-11-7-9-37-13-19-49(60-52(37)47)64-35-58-43-33-41(15-17-45(43)64)72-31-29-70-4/h6-19,32-35,38-39H,5,20-31,56H2,1-4H3,(H2,55,68)/t54-/m0/s1. The van der Waals surface area contributed by atoms with Crippen LogP contribution in [0.3, 0.4) is 0 Å². The maximum absolute atomic E-state index is 14.3. The van der Waals surface area contributed by atoms with Crippen LogP contribution in [0, 0.1) is 0 Å². The van der Waals surface area contributed by atoms with E-state index in [0.29, 0.717) is 78.3 Å². The van der Waals surface area contributed by atoms with Crippen LogP contribution in [-0.4, -0.2) is 135 Å². The number of nitrogens with zero attached hydrogens (tertiary/aromatic N) is 10. The number of imidazole rings is 2. The molecule has 0 spiro atoms. The number of anilines is 2. The van der Waals surface area contributed by atoms with Crippen molar-refractivity contribution in [2.45, 2.75) is 63.7 Å². The summed E-state index contributed by atoms with van der Waals surface area (Å²) < 4.78 is 25.9. The van der Waals surface area contributed by atoms with Crippen LogP contribution >= 0.6 is 0 Å². The maximum Gasteiger partial charge on any atom is 0.253 e. The van der Waals surface area contributed by atoms with Crippen LogP contribution in [0.15, 0.2) is 110 Å². The summed E-state index contributed by atoms with van der Waals surface area (Å²) in [5.74, 6) is 2.16. The number of nitrogens with two attached hydrogens (primary N) is 2. The second-order valence-electron chi connectivity index (χ2n) is 18.6. The van der Waals surface area contributed by atoms with Gasteiger partial charge in [-0.15, -0.1) is 0 Å². The Hall–Kier alpha value is -7.38. The molecule has 0 bridgehead atoms. The molecule has 2 saturated heterocycles. The molecule has 0 saturated carbocycles. The smallest absolute Gasteiger partial charge is 0.253 e. The number of amides is 2. The highest BCUT2D eigenvalue weighted by atomic mass is 16.5. The van der Waals surface area contributed by atoms with Gasteiger partial charge in [-0.2, -0.15) is 5.01 Å². The van der Waals surface area contributed by atoms with Crippen molar-refractivity contribution in [2.75, 3.05) is 76.6 Å². The summed E-state index contributed by atoms with van der Waals surface area (Å²) in [5.41, 5.74) is 18.7. The van der Waals surface area contributed by atoms with Gasteiger partial charge in [0, 0.05) is 75.8 Å². The average molecular weight is 975 g/mol. The Morgan fingerprint density at radius 3 is 1.57 bits per heavy atom. The zero-order chi connectivity index (χ0) is 49.9. The van der Waals surface area contributed by atoms with Gasteiger partial charge in [-0.05, 0) is 93.3 Å². The topological polar surface area (TPSA) is 197 Å². The summed E-state index contributed by atoms with van der Waals surface area (Å²) in [6.07, 6.45) is 6.36. The average Bonchev–Trinajstić information content (AvgIpc) is 4.04. The van der Waals surface area contributed by atoms with E-state index < -0.39 is 11.6 Å². The Labute approximate surface area is 418 Å². The molecule has 2 fully saturated rings. The molecule has 374 valence electrons. The molecule has 2 aliphatic rings. The lowest BCUT2D eigenvalue weighted by Gasteiger charge is -2.53. The zero-order valence-corrected chi connectivity index (χ0v) is 41.3. The quantitative estimate of drug-likeness (QED) is 0.0519. The number of rotatable bonds is 18. The number of carbonyl (C=O) groups is 2. The first-order valence-electron chi connectivity index (χ1n) is 24.7. The van der Waals surface area contributed by atoms with Gasteiger partial charge >= 0.3 is 0 Å². The minimum Gasteiger partial charge on any atom is -0.491 e. The predicted molar refractivity (Wildman–Crippen MR) is 279 cm³/mol. The van der Waals surface area contributed by atoms with E-state index in [4.69, 9.17) is 40.4 Å². The molecular formula is C54H62N12O6. The van der Waals surface area contributed by atoms with Gasteiger partial charge < -0.3 is 40.2 Å². The predicted octanol–water partition coefficient (Wildman–Crippen LogP) is 6.76. The van der Waals surface area contributed by atoms with E-state index in [1.165, 1.54) is 0 Å². The highest BCUT2D eigenvalue weighted by Gasteiger charge is 2.47. The van der Waals surface area contributed by atoms with E-state index >= 15 is 0 Å². The molecule has 18 heteroatoms. The van der Waals surface area contributed by atoms with Crippen molar-refractivity contribution in [3.8, 4) is 23.1 Å². The van der Waals surface area contributed by atoms with Crippen molar-refractivity contribution in [1.29, 1.82) is 0 Å². The zero-order valence-electron chi connectivity index (χ0n) is 41.3. The van der Waals surface area contributed by atoms with E-state index in [1.54, 1.807) is 38.8 Å². The second-order valence-corrected chi connectivity index (χ2v) is 18.6. The molecule has 4 aromatic heterocycles. The van der Waals surface area contributed by atoms with Gasteiger partial charge in [-0.25, -0.2) is 19.9 Å². The van der Waals surface area contributed by atoms with Crippen molar-refractivity contribution >= 4 is 67.1 Å². The number of hydrogen-bond donors (Lipinski definition) is 2. The number of ether oxygens (including phenoxy) is 4. The third-order valence-corrected chi connectivity index (χ3v) is 14.1. The summed E-state index contributed by atoms with van der Waals surface area (Å²) >= 11 is 0. The van der Waals surface area contributed by atoms with Crippen molar-refractivity contribution in [1.82, 2.24) is 39.1 Å². The van der Waals surface area contributed by atoms with Crippen LogP contribution in [0.5, 0.6) is 11.5 Å². The highest BCUT2D eigenvalue weighted by molar-refractivity contribution is 5.93. The molecule has 2 amide bonds. The first kappa shape index (κ1) is 48.3. The van der Waals surface area contributed by atoms with Crippen molar-refractivity contribution in [2.24, 2.45) is 11.5 Å². The number of hydrogen-bond acceptors (Lipinski definition) is 14. The molecule has 1 atom stereocenters. The highest BCUT2D eigenvalue weighted by Crippen LogP contribution is 2.36. The fourth-order valence-corrected chi connectivity index (χ4v) is 10.3. The Morgan fingerprint density at radius 2 is 1.12 bits per heavy atom. The van der Waals surface area contributed by atoms with Gasteiger partial charge in [0.2, 0.25) is 5.91 Å². The molecular weight excluding hydrogens is 913 g/mol. The number of methoxy groups -OCH3 is 2. The molecule has 10 rings (SSSR count). The van der Waals surface area contributed by atoms with Gasteiger partial charge in [0.05, 0.1) is 63.7 Å². The van der Waals surface area contributed by atoms with Crippen LogP contribution in [0.4, 0.5) is 11.4 Å². The number of carbonyl (C=O) groups excluding carboxylic acids is 2. The Kier molecular flexibility index (Phi) is 13.9. The molecule has 2 aliphatic heterocycles. The molecule has 0 unspecified atom stereocenters. The number of fused-ring (bicyclic) bond motifs is 4. The van der Waals surface area contributed by atoms with E-state index in [2.05, 4.69) is 68.3 Å². The molecule has 72 heavy (non-hydrogen) atoms. The number of hydrazine groups is 1. The maximum atomic E-state index is 14.3. The normalized spacial score (nSPS) is 15.8. The van der Waals surface area contributed by atoms with E-state index in [9.17, 15) is 9.59 Å². The second kappa shape index (κ2) is 20.8. The van der Waals surface area contributed by atoms with E-state index in [0.717, 1.165) is 78.4 Å². The van der Waals surface area contributed by atoms with Crippen molar-refractivity contribution in [3.05, 3.63) is 110 Å². The molecule has 4 aromatic carbocycles. The summed E-state index contributed by atoms with van der Waals surface area (Å²) in [5, 5.41) is 5.67. The Balaban J connectivity index is 0.868. The van der Waals surface area contributed by atoms with Crippen LogP contribution in [-0.2, 0) is 19.1 Å². The number of pyridine rings is 2. The molecule has 0 aliphatic carbocycles. The van der Waals surface area contributed by atoms with Crippen LogP contribution in [0.2, 0.25) is 0 Å². The third-order valence-electron chi connectivity index (χ3n) is 14.1. The van der Waals surface area contributed by atoms with Gasteiger partial charge in [-0.3, -0.25) is 23.7 Å². The summed E-state index contributed by atoms with van der Waals surface area (Å²) in [4.78, 5) is 52.2. The summed E-state index contributed by atoms with van der Waals surface area (Å²) in [6.45, 7) is 7.99.